The Hall–Kier alpha value is -2.97. The molecule has 5 rings (SSSR count). The first-order valence-corrected chi connectivity index (χ1v) is 13.0. The molecule has 34 heavy (non-hydrogen) atoms. The number of hydrogen-bond donors (Lipinski definition) is 2. The second-order valence-electron chi connectivity index (χ2n) is 8.55. The molecule has 174 valence electrons. The first kappa shape index (κ1) is 22.8. The summed E-state index contributed by atoms with van der Waals surface area (Å²) in [5, 5.41) is 5.93. The summed E-state index contributed by atoms with van der Waals surface area (Å²) < 4.78 is 3.26. The lowest BCUT2D eigenvalue weighted by Gasteiger charge is -2.32. The van der Waals surface area contributed by atoms with Crippen LogP contribution >= 0.6 is 27.3 Å². The summed E-state index contributed by atoms with van der Waals surface area (Å²) in [6.45, 7) is 0. The highest BCUT2D eigenvalue weighted by Gasteiger charge is 2.28. The predicted molar refractivity (Wildman–Crippen MR) is 139 cm³/mol. The van der Waals surface area contributed by atoms with Gasteiger partial charge in [0, 0.05) is 30.3 Å². The van der Waals surface area contributed by atoms with E-state index in [2.05, 4.69) is 43.3 Å². The summed E-state index contributed by atoms with van der Waals surface area (Å²) in [7, 11) is 1.63. The predicted octanol–water partition coefficient (Wildman–Crippen LogP) is 5.80. The Kier molecular flexibility index (Phi) is 6.52. The zero-order valence-corrected chi connectivity index (χ0v) is 21.2. The van der Waals surface area contributed by atoms with Crippen molar-refractivity contribution >= 4 is 50.1 Å². The van der Waals surface area contributed by atoms with E-state index < -0.39 is 0 Å². The van der Waals surface area contributed by atoms with E-state index in [-0.39, 0.29) is 23.9 Å². The lowest BCUT2D eigenvalue weighted by Crippen LogP contribution is -2.38. The zero-order valence-electron chi connectivity index (χ0n) is 18.8. The molecule has 0 spiro atoms. The molecule has 1 aliphatic rings. The number of nitrogens with zero attached hydrogens (tertiary/aromatic N) is 2. The molecule has 1 fully saturated rings. The number of nitrogens with one attached hydrogen (secondary N) is 2. The fourth-order valence-corrected chi connectivity index (χ4v) is 6.06. The normalized spacial score (nSPS) is 18.1. The number of thiophene rings is 1. The lowest BCUT2D eigenvalue weighted by atomic mass is 9.90. The van der Waals surface area contributed by atoms with E-state index in [0.29, 0.717) is 10.4 Å². The second kappa shape index (κ2) is 9.72. The summed E-state index contributed by atoms with van der Waals surface area (Å²) >= 11 is 4.88. The van der Waals surface area contributed by atoms with Crippen molar-refractivity contribution in [3.05, 3.63) is 74.9 Å². The Morgan fingerprint density at radius 1 is 1.06 bits per heavy atom. The van der Waals surface area contributed by atoms with Gasteiger partial charge >= 0.3 is 0 Å². The third-order valence-corrected chi connectivity index (χ3v) is 7.98. The molecular formula is C26H25BrN4O2S. The van der Waals surface area contributed by atoms with Crippen molar-refractivity contribution < 1.29 is 9.59 Å². The Balaban J connectivity index is 1.49. The number of rotatable bonds is 5. The SMILES string of the molecule is CNC(=O)c1ccc2c(c1)nc(-c1ccccc1)n2[C@H]1CCC[C@@H](NC(=O)c2ccc(Br)s2)C1. The minimum Gasteiger partial charge on any atom is -0.355 e. The van der Waals surface area contributed by atoms with Gasteiger partial charge in [-0.3, -0.25) is 9.59 Å². The summed E-state index contributed by atoms with van der Waals surface area (Å²) in [6, 6.07) is 19.9. The molecule has 2 atom stereocenters. The Bertz CT molecular complexity index is 1350. The highest BCUT2D eigenvalue weighted by atomic mass is 79.9. The van der Waals surface area contributed by atoms with E-state index >= 15 is 0 Å². The molecule has 2 amide bonds. The van der Waals surface area contributed by atoms with Crippen LogP contribution < -0.4 is 10.6 Å². The molecule has 1 saturated carbocycles. The van der Waals surface area contributed by atoms with Crippen molar-refractivity contribution in [1.29, 1.82) is 0 Å². The fraction of sp³-hybridized carbons (Fsp3) is 0.269. The van der Waals surface area contributed by atoms with Gasteiger partial charge in [-0.25, -0.2) is 4.98 Å². The zero-order chi connectivity index (χ0) is 23.7. The monoisotopic (exact) mass is 536 g/mol. The van der Waals surface area contributed by atoms with Gasteiger partial charge < -0.3 is 15.2 Å². The van der Waals surface area contributed by atoms with E-state index in [1.807, 2.05) is 48.5 Å². The first-order valence-electron chi connectivity index (χ1n) is 11.4. The quantitative estimate of drug-likeness (QED) is 0.338. The van der Waals surface area contributed by atoms with Crippen LogP contribution in [0.15, 0.2) is 64.5 Å². The number of amides is 2. The molecule has 2 aromatic carbocycles. The van der Waals surface area contributed by atoms with E-state index in [1.165, 1.54) is 11.3 Å². The van der Waals surface area contributed by atoms with E-state index in [0.717, 1.165) is 51.9 Å². The van der Waals surface area contributed by atoms with Gasteiger partial charge in [-0.15, -0.1) is 11.3 Å². The van der Waals surface area contributed by atoms with Crippen molar-refractivity contribution in [2.45, 2.75) is 37.8 Å². The maximum atomic E-state index is 12.8. The van der Waals surface area contributed by atoms with Crippen LogP contribution in [0, 0.1) is 0 Å². The van der Waals surface area contributed by atoms with Crippen molar-refractivity contribution in [2.24, 2.45) is 0 Å². The number of carbonyl (C=O) groups excluding carboxylic acids is 2. The van der Waals surface area contributed by atoms with E-state index in [9.17, 15) is 9.59 Å². The van der Waals surface area contributed by atoms with Gasteiger partial charge in [0.2, 0.25) is 0 Å². The number of carbonyl (C=O) groups is 2. The number of imidazole rings is 1. The average Bonchev–Trinajstić information content (AvgIpc) is 3.47. The molecular weight excluding hydrogens is 512 g/mol. The summed E-state index contributed by atoms with van der Waals surface area (Å²) in [5.41, 5.74) is 3.44. The molecule has 0 radical (unpaired) electrons. The first-order chi connectivity index (χ1) is 16.5. The topological polar surface area (TPSA) is 76.0 Å². The van der Waals surface area contributed by atoms with Crippen LogP contribution in [0.4, 0.5) is 0 Å². The van der Waals surface area contributed by atoms with Gasteiger partial charge in [-0.2, -0.15) is 0 Å². The number of hydrogen-bond acceptors (Lipinski definition) is 4. The molecule has 2 heterocycles. The van der Waals surface area contributed by atoms with E-state index in [1.54, 1.807) is 7.05 Å². The molecule has 0 saturated heterocycles. The van der Waals surface area contributed by atoms with Gasteiger partial charge in [0.1, 0.15) is 5.82 Å². The van der Waals surface area contributed by atoms with Crippen molar-refractivity contribution in [1.82, 2.24) is 20.2 Å². The fourth-order valence-electron chi connectivity index (χ4n) is 4.77. The summed E-state index contributed by atoms with van der Waals surface area (Å²) in [6.07, 6.45) is 3.83. The maximum absolute atomic E-state index is 12.8. The van der Waals surface area contributed by atoms with Gasteiger partial charge in [0.15, 0.2) is 0 Å². The second-order valence-corrected chi connectivity index (χ2v) is 11.0. The molecule has 6 nitrogen and oxygen atoms in total. The Labute approximate surface area is 210 Å². The van der Waals surface area contributed by atoms with Gasteiger partial charge in [-0.05, 0) is 71.9 Å². The van der Waals surface area contributed by atoms with Crippen molar-refractivity contribution in [3.63, 3.8) is 0 Å². The third kappa shape index (κ3) is 4.52. The minimum absolute atomic E-state index is 0.0182. The molecule has 0 bridgehead atoms. The highest BCUT2D eigenvalue weighted by Crippen LogP contribution is 2.36. The number of aromatic nitrogens is 2. The van der Waals surface area contributed by atoms with Crippen LogP contribution in [-0.2, 0) is 0 Å². The molecule has 1 aliphatic carbocycles. The standard InChI is InChI=1S/C26H25BrN4O2S/c1-28-25(32)17-10-11-21-20(14-17)30-24(16-6-3-2-4-7-16)31(21)19-9-5-8-18(15-19)29-26(33)22-12-13-23(27)34-22/h2-4,6-7,10-14,18-19H,5,8-9,15H2,1H3,(H,28,32)(H,29,33)/t18-,19+/m1/s1. The number of benzene rings is 2. The smallest absolute Gasteiger partial charge is 0.261 e. The van der Waals surface area contributed by atoms with Crippen molar-refractivity contribution in [2.75, 3.05) is 7.05 Å². The van der Waals surface area contributed by atoms with Crippen LogP contribution in [0.25, 0.3) is 22.4 Å². The van der Waals surface area contributed by atoms with Crippen LogP contribution in [0.2, 0.25) is 0 Å². The highest BCUT2D eigenvalue weighted by molar-refractivity contribution is 9.11. The third-order valence-electron chi connectivity index (χ3n) is 6.35. The largest absolute Gasteiger partial charge is 0.355 e. The van der Waals surface area contributed by atoms with Gasteiger partial charge in [0.05, 0.1) is 19.7 Å². The summed E-state index contributed by atoms with van der Waals surface area (Å²) in [5.74, 6) is 0.748. The number of halogens is 1. The molecule has 4 aromatic rings. The molecule has 2 N–H and O–H groups in total. The molecule has 0 aliphatic heterocycles. The Morgan fingerprint density at radius 3 is 2.62 bits per heavy atom. The van der Waals surface area contributed by atoms with E-state index in [4.69, 9.17) is 4.98 Å². The lowest BCUT2D eigenvalue weighted by molar-refractivity contribution is 0.0923. The summed E-state index contributed by atoms with van der Waals surface area (Å²) in [4.78, 5) is 30.6. The van der Waals surface area contributed by atoms with Crippen LogP contribution in [0.1, 0.15) is 51.8 Å². The molecule has 8 heteroatoms. The molecule has 0 unspecified atom stereocenters. The molecule has 2 aromatic heterocycles. The minimum atomic E-state index is -0.127. The van der Waals surface area contributed by atoms with Crippen LogP contribution in [-0.4, -0.2) is 34.5 Å². The average molecular weight is 537 g/mol. The number of fused-ring (bicyclic) bond motifs is 1. The van der Waals surface area contributed by atoms with Gasteiger partial charge in [0.25, 0.3) is 11.8 Å². The maximum Gasteiger partial charge on any atom is 0.261 e. The van der Waals surface area contributed by atoms with Crippen LogP contribution in [0.5, 0.6) is 0 Å². The van der Waals surface area contributed by atoms with Crippen LogP contribution in [0.3, 0.4) is 0 Å². The Morgan fingerprint density at radius 2 is 1.88 bits per heavy atom. The van der Waals surface area contributed by atoms with Gasteiger partial charge in [-0.1, -0.05) is 30.3 Å². The van der Waals surface area contributed by atoms with Crippen molar-refractivity contribution in [3.8, 4) is 11.4 Å².